The molecule has 2 unspecified atom stereocenters. The van der Waals surface area contributed by atoms with Crippen LogP contribution in [-0.4, -0.2) is 37.3 Å². The highest BCUT2D eigenvalue weighted by atomic mass is 32.2. The molecular formula is C11H21NOS. The van der Waals surface area contributed by atoms with Gasteiger partial charge in [-0.05, 0) is 25.0 Å². The van der Waals surface area contributed by atoms with Crippen LogP contribution in [0.15, 0.2) is 0 Å². The van der Waals surface area contributed by atoms with E-state index in [9.17, 15) is 0 Å². The summed E-state index contributed by atoms with van der Waals surface area (Å²) in [6, 6.07) is 0.756. The molecular weight excluding hydrogens is 194 g/mol. The standard InChI is InChI=1S/C11H21NOS/c1-11(4-5-13-9-11)8-12-10-3-2-6-14-7-10/h10,12H,2-9H2,1H3. The molecule has 0 aromatic rings. The second-order valence-electron chi connectivity index (χ2n) is 4.91. The highest BCUT2D eigenvalue weighted by molar-refractivity contribution is 7.99. The fraction of sp³-hybridized carbons (Fsp3) is 1.00. The van der Waals surface area contributed by atoms with Gasteiger partial charge in [0.25, 0.3) is 0 Å². The molecule has 82 valence electrons. The quantitative estimate of drug-likeness (QED) is 0.777. The minimum absolute atomic E-state index is 0.405. The maximum absolute atomic E-state index is 5.45. The van der Waals surface area contributed by atoms with Crippen LogP contribution in [0.25, 0.3) is 0 Å². The van der Waals surface area contributed by atoms with E-state index in [4.69, 9.17) is 4.74 Å². The lowest BCUT2D eigenvalue weighted by Gasteiger charge is -2.28. The average Bonchev–Trinajstić information content (AvgIpc) is 2.65. The van der Waals surface area contributed by atoms with Gasteiger partial charge in [0.1, 0.15) is 0 Å². The number of hydrogen-bond acceptors (Lipinski definition) is 3. The fourth-order valence-electron chi connectivity index (χ4n) is 2.14. The van der Waals surface area contributed by atoms with Crippen molar-refractivity contribution in [1.82, 2.24) is 5.32 Å². The lowest BCUT2D eigenvalue weighted by Crippen LogP contribution is -2.41. The second kappa shape index (κ2) is 4.86. The van der Waals surface area contributed by atoms with Crippen molar-refractivity contribution < 1.29 is 4.74 Å². The first-order valence-electron chi connectivity index (χ1n) is 5.67. The van der Waals surface area contributed by atoms with Crippen molar-refractivity contribution in [2.24, 2.45) is 5.41 Å². The number of rotatable bonds is 3. The Morgan fingerprint density at radius 3 is 3.14 bits per heavy atom. The summed E-state index contributed by atoms with van der Waals surface area (Å²) >= 11 is 2.09. The van der Waals surface area contributed by atoms with E-state index in [2.05, 4.69) is 24.0 Å². The Kier molecular flexibility index (Phi) is 3.74. The molecule has 14 heavy (non-hydrogen) atoms. The molecule has 3 heteroatoms. The predicted octanol–water partition coefficient (Wildman–Crippen LogP) is 1.90. The van der Waals surface area contributed by atoms with Crippen molar-refractivity contribution in [3.8, 4) is 0 Å². The van der Waals surface area contributed by atoms with E-state index < -0.39 is 0 Å². The first-order valence-corrected chi connectivity index (χ1v) is 6.83. The topological polar surface area (TPSA) is 21.3 Å². The Morgan fingerprint density at radius 2 is 2.50 bits per heavy atom. The Hall–Kier alpha value is 0.270. The van der Waals surface area contributed by atoms with Crippen LogP contribution in [0.1, 0.15) is 26.2 Å². The summed E-state index contributed by atoms with van der Waals surface area (Å²) in [5.74, 6) is 2.66. The van der Waals surface area contributed by atoms with Gasteiger partial charge >= 0.3 is 0 Å². The van der Waals surface area contributed by atoms with E-state index in [-0.39, 0.29) is 0 Å². The molecule has 1 N–H and O–H groups in total. The molecule has 0 radical (unpaired) electrons. The van der Waals surface area contributed by atoms with Crippen LogP contribution in [0.4, 0.5) is 0 Å². The van der Waals surface area contributed by atoms with Gasteiger partial charge in [0.05, 0.1) is 6.61 Å². The number of nitrogens with one attached hydrogen (secondary N) is 1. The van der Waals surface area contributed by atoms with E-state index in [0.29, 0.717) is 5.41 Å². The third kappa shape index (κ3) is 2.88. The van der Waals surface area contributed by atoms with Crippen LogP contribution in [-0.2, 0) is 4.74 Å². The molecule has 2 atom stereocenters. The van der Waals surface area contributed by atoms with Crippen molar-refractivity contribution in [2.75, 3.05) is 31.3 Å². The molecule has 2 fully saturated rings. The minimum Gasteiger partial charge on any atom is -0.381 e. The van der Waals surface area contributed by atoms with E-state index in [1.165, 1.54) is 30.8 Å². The highest BCUT2D eigenvalue weighted by Gasteiger charge is 2.30. The fourth-order valence-corrected chi connectivity index (χ4v) is 3.25. The van der Waals surface area contributed by atoms with Crippen molar-refractivity contribution in [3.05, 3.63) is 0 Å². The molecule has 2 aliphatic rings. The number of hydrogen-bond donors (Lipinski definition) is 1. The summed E-state index contributed by atoms with van der Waals surface area (Å²) in [5, 5.41) is 3.70. The van der Waals surface area contributed by atoms with Gasteiger partial charge in [-0.1, -0.05) is 6.92 Å². The smallest absolute Gasteiger partial charge is 0.0532 e. The molecule has 0 amide bonds. The van der Waals surface area contributed by atoms with E-state index in [0.717, 1.165) is 25.8 Å². The van der Waals surface area contributed by atoms with Crippen molar-refractivity contribution in [2.45, 2.75) is 32.2 Å². The first-order chi connectivity index (χ1) is 6.79. The van der Waals surface area contributed by atoms with Gasteiger partial charge in [-0.15, -0.1) is 0 Å². The van der Waals surface area contributed by atoms with Crippen LogP contribution in [0.2, 0.25) is 0 Å². The number of ether oxygens (including phenoxy) is 1. The molecule has 0 aromatic carbocycles. The van der Waals surface area contributed by atoms with Gasteiger partial charge in [0, 0.05) is 30.4 Å². The van der Waals surface area contributed by atoms with Crippen molar-refractivity contribution in [3.63, 3.8) is 0 Å². The molecule has 0 aliphatic carbocycles. The molecule has 0 aromatic heterocycles. The molecule has 2 saturated heterocycles. The minimum atomic E-state index is 0.405. The Labute approximate surface area is 91.2 Å². The molecule has 0 spiro atoms. The lowest BCUT2D eigenvalue weighted by atomic mass is 9.89. The molecule has 2 nitrogen and oxygen atoms in total. The van der Waals surface area contributed by atoms with Gasteiger partial charge in [-0.2, -0.15) is 11.8 Å². The highest BCUT2D eigenvalue weighted by Crippen LogP contribution is 2.27. The normalized spacial score (nSPS) is 38.8. The zero-order valence-electron chi connectivity index (χ0n) is 9.05. The van der Waals surface area contributed by atoms with Gasteiger partial charge in [-0.3, -0.25) is 0 Å². The second-order valence-corrected chi connectivity index (χ2v) is 6.06. The molecule has 2 heterocycles. The SMILES string of the molecule is CC1(CNC2CCCSC2)CCOC1. The summed E-state index contributed by atoms with van der Waals surface area (Å²) < 4.78 is 5.45. The largest absolute Gasteiger partial charge is 0.381 e. The maximum Gasteiger partial charge on any atom is 0.0532 e. The summed E-state index contributed by atoms with van der Waals surface area (Å²) in [4.78, 5) is 0. The van der Waals surface area contributed by atoms with Crippen LogP contribution >= 0.6 is 11.8 Å². The zero-order chi connectivity index (χ0) is 9.86. The molecule has 2 aliphatic heterocycles. The molecule has 0 saturated carbocycles. The van der Waals surface area contributed by atoms with Crippen LogP contribution < -0.4 is 5.32 Å². The predicted molar refractivity (Wildman–Crippen MR) is 61.9 cm³/mol. The summed E-state index contributed by atoms with van der Waals surface area (Å²) in [6.07, 6.45) is 3.97. The maximum atomic E-state index is 5.45. The Bertz CT molecular complexity index is 174. The number of thioether (sulfide) groups is 1. The summed E-state index contributed by atoms with van der Waals surface area (Å²) in [6.45, 7) is 5.37. The molecule has 0 bridgehead atoms. The van der Waals surface area contributed by atoms with Gasteiger partial charge in [0.2, 0.25) is 0 Å². The Morgan fingerprint density at radius 1 is 1.57 bits per heavy atom. The van der Waals surface area contributed by atoms with E-state index in [1.54, 1.807) is 0 Å². The van der Waals surface area contributed by atoms with Gasteiger partial charge in [0.15, 0.2) is 0 Å². The third-order valence-corrected chi connectivity index (χ3v) is 4.49. The zero-order valence-corrected chi connectivity index (χ0v) is 9.87. The third-order valence-electron chi connectivity index (χ3n) is 3.28. The Balaban J connectivity index is 1.70. The van der Waals surface area contributed by atoms with Gasteiger partial charge in [-0.25, -0.2) is 0 Å². The summed E-state index contributed by atoms with van der Waals surface area (Å²) in [7, 11) is 0. The van der Waals surface area contributed by atoms with Crippen LogP contribution in [0.5, 0.6) is 0 Å². The van der Waals surface area contributed by atoms with Crippen LogP contribution in [0.3, 0.4) is 0 Å². The van der Waals surface area contributed by atoms with E-state index >= 15 is 0 Å². The average molecular weight is 215 g/mol. The lowest BCUT2D eigenvalue weighted by molar-refractivity contribution is 0.156. The monoisotopic (exact) mass is 215 g/mol. The van der Waals surface area contributed by atoms with E-state index in [1.807, 2.05) is 0 Å². The summed E-state index contributed by atoms with van der Waals surface area (Å²) in [5.41, 5.74) is 0.405. The molecule has 2 rings (SSSR count). The van der Waals surface area contributed by atoms with Crippen molar-refractivity contribution >= 4 is 11.8 Å². The van der Waals surface area contributed by atoms with Gasteiger partial charge < -0.3 is 10.1 Å². The van der Waals surface area contributed by atoms with Crippen LogP contribution in [0, 0.1) is 5.41 Å². The van der Waals surface area contributed by atoms with Crippen molar-refractivity contribution in [1.29, 1.82) is 0 Å². The first kappa shape index (κ1) is 10.8.